The second kappa shape index (κ2) is 8.42. The van der Waals surface area contributed by atoms with E-state index in [2.05, 4.69) is 0 Å². The van der Waals surface area contributed by atoms with Crippen molar-refractivity contribution in [3.05, 3.63) is 48.4 Å². The van der Waals surface area contributed by atoms with Crippen LogP contribution in [0.25, 0.3) is 0 Å². The topological polar surface area (TPSA) is 72.2 Å². The van der Waals surface area contributed by atoms with E-state index in [1.165, 1.54) is 6.26 Å². The number of hydrogen-bond donors (Lipinski definition) is 0. The van der Waals surface area contributed by atoms with Crippen molar-refractivity contribution in [3.8, 4) is 11.5 Å². The number of amides is 2. The number of rotatable bonds is 6. The predicted octanol–water partition coefficient (Wildman–Crippen LogP) is 2.04. The lowest BCUT2D eigenvalue weighted by molar-refractivity contribution is -0.133. The van der Waals surface area contributed by atoms with E-state index in [0.29, 0.717) is 50.7 Å². The fourth-order valence-corrected chi connectivity index (χ4v) is 2.80. The van der Waals surface area contributed by atoms with Crippen molar-refractivity contribution in [3.63, 3.8) is 0 Å². The van der Waals surface area contributed by atoms with Crippen LogP contribution < -0.4 is 9.47 Å². The van der Waals surface area contributed by atoms with Crippen LogP contribution >= 0.6 is 0 Å². The van der Waals surface area contributed by atoms with E-state index < -0.39 is 0 Å². The molecule has 3 rings (SSSR count). The van der Waals surface area contributed by atoms with Gasteiger partial charge in [0.05, 0.1) is 26.4 Å². The molecular weight excluding hydrogens is 336 g/mol. The zero-order valence-electron chi connectivity index (χ0n) is 14.7. The Morgan fingerprint density at radius 1 is 1.00 bits per heavy atom. The molecule has 0 saturated carbocycles. The Kier molecular flexibility index (Phi) is 5.78. The van der Waals surface area contributed by atoms with Gasteiger partial charge in [-0.25, -0.2) is 0 Å². The Bertz CT molecular complexity index is 719. The van der Waals surface area contributed by atoms with Crippen molar-refractivity contribution < 1.29 is 23.5 Å². The molecule has 0 radical (unpaired) electrons. The molecule has 1 fully saturated rings. The number of nitrogens with zero attached hydrogens (tertiary/aromatic N) is 2. The minimum absolute atomic E-state index is 0.0311. The minimum atomic E-state index is -0.134. The minimum Gasteiger partial charge on any atom is -0.497 e. The molecule has 0 unspecified atom stereocenters. The molecule has 0 spiro atoms. The van der Waals surface area contributed by atoms with E-state index in [1.54, 1.807) is 29.0 Å². The van der Waals surface area contributed by atoms with E-state index in [1.807, 2.05) is 24.3 Å². The predicted molar refractivity (Wildman–Crippen MR) is 94.3 cm³/mol. The number of benzene rings is 1. The van der Waals surface area contributed by atoms with Crippen molar-refractivity contribution in [1.29, 1.82) is 0 Å². The third-order valence-electron chi connectivity index (χ3n) is 4.30. The zero-order chi connectivity index (χ0) is 18.4. The van der Waals surface area contributed by atoms with Crippen LogP contribution in [-0.4, -0.2) is 61.5 Å². The molecule has 7 nitrogen and oxygen atoms in total. The highest BCUT2D eigenvalue weighted by Crippen LogP contribution is 2.17. The average molecular weight is 358 g/mol. The Balaban J connectivity index is 1.40. The lowest BCUT2D eigenvalue weighted by atomic mass is 10.2. The van der Waals surface area contributed by atoms with Crippen molar-refractivity contribution in [1.82, 2.24) is 9.80 Å². The second-order valence-electron chi connectivity index (χ2n) is 5.92. The number of hydrogen-bond acceptors (Lipinski definition) is 5. The molecule has 1 aromatic carbocycles. The van der Waals surface area contributed by atoms with Gasteiger partial charge >= 0.3 is 0 Å². The molecule has 138 valence electrons. The molecule has 1 aliphatic heterocycles. The quantitative estimate of drug-likeness (QED) is 0.790. The van der Waals surface area contributed by atoms with E-state index in [4.69, 9.17) is 13.9 Å². The maximum atomic E-state index is 12.3. The number of carbonyl (C=O) groups is 2. The van der Waals surface area contributed by atoms with Crippen LogP contribution in [0.15, 0.2) is 47.1 Å². The number of carbonyl (C=O) groups excluding carboxylic acids is 2. The van der Waals surface area contributed by atoms with Crippen LogP contribution in [0.4, 0.5) is 0 Å². The summed E-state index contributed by atoms with van der Waals surface area (Å²) in [5.41, 5.74) is 0. The summed E-state index contributed by atoms with van der Waals surface area (Å²) in [6.45, 7) is 2.37. The van der Waals surface area contributed by atoms with E-state index in [0.717, 1.165) is 5.75 Å². The van der Waals surface area contributed by atoms with E-state index in [9.17, 15) is 9.59 Å². The Hall–Kier alpha value is -2.96. The number of ether oxygens (including phenoxy) is 2. The van der Waals surface area contributed by atoms with Gasteiger partial charge in [-0.15, -0.1) is 0 Å². The van der Waals surface area contributed by atoms with Crippen molar-refractivity contribution >= 4 is 11.8 Å². The largest absolute Gasteiger partial charge is 0.497 e. The molecule has 0 N–H and O–H groups in total. The summed E-state index contributed by atoms with van der Waals surface area (Å²) >= 11 is 0. The number of piperazine rings is 1. The van der Waals surface area contributed by atoms with Gasteiger partial charge in [0.2, 0.25) is 5.91 Å². The first-order chi connectivity index (χ1) is 12.7. The van der Waals surface area contributed by atoms with Crippen molar-refractivity contribution in [2.24, 2.45) is 0 Å². The molecule has 2 heterocycles. The molecule has 26 heavy (non-hydrogen) atoms. The van der Waals surface area contributed by atoms with Gasteiger partial charge in [0.25, 0.3) is 5.91 Å². The first-order valence-electron chi connectivity index (χ1n) is 8.55. The molecule has 0 bridgehead atoms. The average Bonchev–Trinajstić information content (AvgIpc) is 3.23. The van der Waals surface area contributed by atoms with E-state index in [-0.39, 0.29) is 11.8 Å². The highest BCUT2D eigenvalue weighted by molar-refractivity contribution is 5.91. The van der Waals surface area contributed by atoms with Gasteiger partial charge in [-0.1, -0.05) is 0 Å². The summed E-state index contributed by atoms with van der Waals surface area (Å²) in [5, 5.41) is 0. The Morgan fingerprint density at radius 3 is 2.27 bits per heavy atom. The molecule has 7 heteroatoms. The summed E-state index contributed by atoms with van der Waals surface area (Å²) in [7, 11) is 1.61. The van der Waals surface area contributed by atoms with Gasteiger partial charge < -0.3 is 23.7 Å². The van der Waals surface area contributed by atoms with Gasteiger partial charge in [-0.2, -0.15) is 0 Å². The summed E-state index contributed by atoms with van der Waals surface area (Å²) in [4.78, 5) is 28.0. The third kappa shape index (κ3) is 4.36. The molecule has 2 amide bonds. The van der Waals surface area contributed by atoms with Crippen LogP contribution in [0.3, 0.4) is 0 Å². The summed E-state index contributed by atoms with van der Waals surface area (Å²) in [6, 6.07) is 10.6. The number of furan rings is 1. The van der Waals surface area contributed by atoms with Gasteiger partial charge in [-0.05, 0) is 36.4 Å². The monoisotopic (exact) mass is 358 g/mol. The van der Waals surface area contributed by atoms with Gasteiger partial charge in [-0.3, -0.25) is 9.59 Å². The number of methoxy groups -OCH3 is 1. The van der Waals surface area contributed by atoms with Crippen molar-refractivity contribution in [2.45, 2.75) is 6.42 Å². The lowest BCUT2D eigenvalue weighted by Gasteiger charge is -2.34. The van der Waals surface area contributed by atoms with Gasteiger partial charge in [0.15, 0.2) is 5.76 Å². The maximum Gasteiger partial charge on any atom is 0.289 e. The first kappa shape index (κ1) is 17.8. The van der Waals surface area contributed by atoms with Gasteiger partial charge in [0.1, 0.15) is 11.5 Å². The summed E-state index contributed by atoms with van der Waals surface area (Å²) < 4.78 is 15.8. The summed E-state index contributed by atoms with van der Waals surface area (Å²) in [5.74, 6) is 1.69. The van der Waals surface area contributed by atoms with Crippen LogP contribution in [0.2, 0.25) is 0 Å². The Morgan fingerprint density at radius 2 is 1.65 bits per heavy atom. The van der Waals surface area contributed by atoms with Crippen LogP contribution in [0.1, 0.15) is 17.0 Å². The van der Waals surface area contributed by atoms with Crippen LogP contribution in [0.5, 0.6) is 11.5 Å². The van der Waals surface area contributed by atoms with E-state index >= 15 is 0 Å². The van der Waals surface area contributed by atoms with Crippen LogP contribution in [-0.2, 0) is 4.79 Å². The molecular formula is C19H22N2O5. The Labute approximate surface area is 152 Å². The zero-order valence-corrected chi connectivity index (χ0v) is 14.7. The molecule has 1 aromatic heterocycles. The molecule has 0 atom stereocenters. The van der Waals surface area contributed by atoms with Gasteiger partial charge in [0, 0.05) is 26.2 Å². The molecule has 1 saturated heterocycles. The van der Waals surface area contributed by atoms with Crippen molar-refractivity contribution in [2.75, 3.05) is 39.9 Å². The SMILES string of the molecule is COc1ccc(OCCC(=O)N2CCN(C(=O)c3ccco3)CC2)cc1. The smallest absolute Gasteiger partial charge is 0.289 e. The lowest BCUT2D eigenvalue weighted by Crippen LogP contribution is -2.50. The fraction of sp³-hybridized carbons (Fsp3) is 0.368. The second-order valence-corrected chi connectivity index (χ2v) is 5.92. The summed E-state index contributed by atoms with van der Waals surface area (Å²) in [6.07, 6.45) is 1.79. The first-order valence-corrected chi connectivity index (χ1v) is 8.55. The highest BCUT2D eigenvalue weighted by atomic mass is 16.5. The maximum absolute atomic E-state index is 12.3. The standard InChI is InChI=1S/C19H22N2O5/c1-24-15-4-6-16(7-5-15)25-14-8-18(22)20-9-11-21(12-10-20)19(23)17-3-2-13-26-17/h2-7,13H,8-12,14H2,1H3. The van der Waals surface area contributed by atoms with Crippen LogP contribution in [0, 0.1) is 0 Å². The fourth-order valence-electron chi connectivity index (χ4n) is 2.80. The molecule has 2 aromatic rings. The third-order valence-corrected chi connectivity index (χ3v) is 4.30. The molecule has 1 aliphatic rings. The molecule has 0 aliphatic carbocycles. The highest BCUT2D eigenvalue weighted by Gasteiger charge is 2.25. The normalized spacial score (nSPS) is 14.2.